The van der Waals surface area contributed by atoms with Gasteiger partial charge in [-0.1, -0.05) is 17.7 Å². The Morgan fingerprint density at radius 2 is 1.87 bits per heavy atom. The predicted molar refractivity (Wildman–Crippen MR) is 112 cm³/mol. The number of aromatic nitrogens is 1. The fourth-order valence-electron chi connectivity index (χ4n) is 3.83. The second-order valence-electron chi connectivity index (χ2n) is 7.24. The van der Waals surface area contributed by atoms with Gasteiger partial charge in [0.25, 0.3) is 11.7 Å². The summed E-state index contributed by atoms with van der Waals surface area (Å²) >= 11 is 5.94. The van der Waals surface area contributed by atoms with Gasteiger partial charge in [-0.2, -0.15) is 0 Å². The summed E-state index contributed by atoms with van der Waals surface area (Å²) in [6.07, 6.45) is 3.25. The van der Waals surface area contributed by atoms with Crippen molar-refractivity contribution in [2.24, 2.45) is 0 Å². The molecule has 7 nitrogen and oxygen atoms in total. The molecule has 0 saturated carbocycles. The van der Waals surface area contributed by atoms with Gasteiger partial charge in [0.1, 0.15) is 5.76 Å². The molecule has 156 valence electrons. The van der Waals surface area contributed by atoms with Crippen molar-refractivity contribution >= 4 is 29.1 Å². The molecular weight excluding hydrogens is 406 g/mol. The van der Waals surface area contributed by atoms with Crippen LogP contribution in [0.2, 0.25) is 5.02 Å². The van der Waals surface area contributed by atoms with Crippen LogP contribution in [-0.4, -0.2) is 71.0 Å². The smallest absolute Gasteiger partial charge is 0.295 e. The zero-order chi connectivity index (χ0) is 21.1. The zero-order valence-corrected chi connectivity index (χ0v) is 17.1. The number of carbonyl (C=O) groups is 2. The molecule has 0 aliphatic carbocycles. The molecule has 0 bridgehead atoms. The van der Waals surface area contributed by atoms with Gasteiger partial charge < -0.3 is 14.7 Å². The monoisotopic (exact) mass is 427 g/mol. The number of ketones is 1. The van der Waals surface area contributed by atoms with Gasteiger partial charge in [0.05, 0.1) is 24.8 Å². The molecule has 1 aromatic carbocycles. The first-order valence-electron chi connectivity index (χ1n) is 9.80. The van der Waals surface area contributed by atoms with Crippen molar-refractivity contribution in [2.45, 2.75) is 6.04 Å². The Bertz CT molecular complexity index is 956. The van der Waals surface area contributed by atoms with Gasteiger partial charge >= 0.3 is 0 Å². The summed E-state index contributed by atoms with van der Waals surface area (Å²) in [5.41, 5.74) is 1.17. The Labute approximate surface area is 179 Å². The van der Waals surface area contributed by atoms with E-state index in [1.165, 1.54) is 4.90 Å². The second kappa shape index (κ2) is 8.95. The van der Waals surface area contributed by atoms with Crippen molar-refractivity contribution in [3.05, 3.63) is 70.5 Å². The molecule has 8 heteroatoms. The highest BCUT2D eigenvalue weighted by Gasteiger charge is 2.46. The molecule has 2 aliphatic heterocycles. The van der Waals surface area contributed by atoms with E-state index in [0.717, 1.165) is 13.1 Å². The molecule has 2 saturated heterocycles. The number of halogens is 1. The van der Waals surface area contributed by atoms with E-state index in [-0.39, 0.29) is 11.3 Å². The van der Waals surface area contributed by atoms with Crippen LogP contribution in [0.1, 0.15) is 17.2 Å². The van der Waals surface area contributed by atoms with Gasteiger partial charge in [0, 0.05) is 49.2 Å². The van der Waals surface area contributed by atoms with E-state index in [1.54, 1.807) is 48.8 Å². The third-order valence-electron chi connectivity index (χ3n) is 5.42. The fraction of sp³-hybridized carbons (Fsp3) is 0.318. The first kappa shape index (κ1) is 20.5. The number of pyridine rings is 1. The number of amides is 1. The summed E-state index contributed by atoms with van der Waals surface area (Å²) in [6.45, 7) is 3.86. The molecule has 2 aromatic rings. The van der Waals surface area contributed by atoms with Crippen LogP contribution in [-0.2, 0) is 14.3 Å². The van der Waals surface area contributed by atoms with Gasteiger partial charge in [-0.3, -0.25) is 19.5 Å². The third-order valence-corrected chi connectivity index (χ3v) is 5.67. The van der Waals surface area contributed by atoms with E-state index in [4.69, 9.17) is 16.3 Å². The standard InChI is InChI=1S/C22H22ClN3O4/c23-17-5-3-15(4-6-17)20(27)18-19(16-2-1-7-24-14-16)26(22(29)21(18)28)9-8-25-10-12-30-13-11-25/h1-7,14,19,27H,8-13H2. The first-order valence-corrected chi connectivity index (χ1v) is 10.2. The van der Waals surface area contributed by atoms with Crippen molar-refractivity contribution in [3.8, 4) is 0 Å². The van der Waals surface area contributed by atoms with Crippen molar-refractivity contribution in [3.63, 3.8) is 0 Å². The van der Waals surface area contributed by atoms with Crippen molar-refractivity contribution < 1.29 is 19.4 Å². The number of ether oxygens (including phenoxy) is 1. The number of hydrogen-bond acceptors (Lipinski definition) is 6. The number of hydrogen-bond donors (Lipinski definition) is 1. The SMILES string of the molecule is O=C1C(=O)N(CCN2CCOCC2)C(c2cccnc2)C1=C(O)c1ccc(Cl)cc1. The van der Waals surface area contributed by atoms with Gasteiger partial charge in [-0.15, -0.1) is 0 Å². The summed E-state index contributed by atoms with van der Waals surface area (Å²) in [4.78, 5) is 33.7. The van der Waals surface area contributed by atoms with Crippen LogP contribution in [0.4, 0.5) is 0 Å². The van der Waals surface area contributed by atoms with Crippen LogP contribution in [0.15, 0.2) is 54.4 Å². The molecule has 1 N–H and O–H groups in total. The quantitative estimate of drug-likeness (QED) is 0.448. The average molecular weight is 428 g/mol. The maximum Gasteiger partial charge on any atom is 0.295 e. The highest BCUT2D eigenvalue weighted by Crippen LogP contribution is 2.39. The topological polar surface area (TPSA) is 83.0 Å². The highest BCUT2D eigenvalue weighted by atomic mass is 35.5. The van der Waals surface area contributed by atoms with Gasteiger partial charge in [0.15, 0.2) is 0 Å². The Hall–Kier alpha value is -2.74. The minimum atomic E-state index is -0.699. The van der Waals surface area contributed by atoms with E-state index in [0.29, 0.717) is 42.5 Å². The number of benzene rings is 1. The third kappa shape index (κ3) is 4.09. The molecule has 0 spiro atoms. The van der Waals surface area contributed by atoms with Crippen molar-refractivity contribution in [2.75, 3.05) is 39.4 Å². The lowest BCUT2D eigenvalue weighted by Gasteiger charge is -2.30. The number of carbonyl (C=O) groups excluding carboxylic acids is 2. The highest BCUT2D eigenvalue weighted by molar-refractivity contribution is 6.46. The van der Waals surface area contributed by atoms with Crippen LogP contribution in [0, 0.1) is 0 Å². The summed E-state index contributed by atoms with van der Waals surface area (Å²) in [6, 6.07) is 9.36. The number of Topliss-reactive ketones (excluding diaryl/α,β-unsaturated/α-hetero) is 1. The molecule has 1 atom stereocenters. The van der Waals surface area contributed by atoms with Crippen LogP contribution >= 0.6 is 11.6 Å². The maximum atomic E-state index is 12.9. The molecule has 4 rings (SSSR count). The lowest BCUT2D eigenvalue weighted by Crippen LogP contribution is -2.42. The van der Waals surface area contributed by atoms with Gasteiger partial charge in [-0.05, 0) is 35.9 Å². The Balaban J connectivity index is 1.71. The zero-order valence-electron chi connectivity index (χ0n) is 16.3. The normalized spacial score (nSPS) is 21.9. The first-order chi connectivity index (χ1) is 14.6. The summed E-state index contributed by atoms with van der Waals surface area (Å²) in [5.74, 6) is -1.53. The molecule has 1 aromatic heterocycles. The lowest BCUT2D eigenvalue weighted by molar-refractivity contribution is -0.140. The summed E-state index contributed by atoms with van der Waals surface area (Å²) < 4.78 is 5.37. The molecule has 0 radical (unpaired) electrons. The maximum absolute atomic E-state index is 12.9. The lowest BCUT2D eigenvalue weighted by atomic mass is 9.96. The van der Waals surface area contributed by atoms with Crippen LogP contribution in [0.25, 0.3) is 5.76 Å². The molecule has 2 aliphatic rings. The largest absolute Gasteiger partial charge is 0.507 e. The number of aliphatic hydroxyl groups excluding tert-OH is 1. The van der Waals surface area contributed by atoms with Crippen LogP contribution < -0.4 is 0 Å². The molecule has 30 heavy (non-hydrogen) atoms. The Morgan fingerprint density at radius 3 is 2.53 bits per heavy atom. The van der Waals surface area contributed by atoms with E-state index >= 15 is 0 Å². The number of aliphatic hydroxyl groups is 1. The van der Waals surface area contributed by atoms with Gasteiger partial charge in [-0.25, -0.2) is 0 Å². The predicted octanol–water partition coefficient (Wildman–Crippen LogP) is 2.49. The molecule has 2 fully saturated rings. The van der Waals surface area contributed by atoms with Gasteiger partial charge in [0.2, 0.25) is 0 Å². The molecule has 1 amide bonds. The minimum absolute atomic E-state index is 0.0669. The Morgan fingerprint density at radius 1 is 1.13 bits per heavy atom. The molecule has 3 heterocycles. The van der Waals surface area contributed by atoms with Crippen LogP contribution in [0.3, 0.4) is 0 Å². The number of nitrogens with zero attached hydrogens (tertiary/aromatic N) is 3. The number of likely N-dealkylation sites (tertiary alicyclic amines) is 1. The van der Waals surface area contributed by atoms with E-state index in [1.807, 2.05) is 0 Å². The summed E-state index contributed by atoms with van der Waals surface area (Å²) in [7, 11) is 0. The average Bonchev–Trinajstić information content (AvgIpc) is 3.04. The van der Waals surface area contributed by atoms with Crippen LogP contribution in [0.5, 0.6) is 0 Å². The number of rotatable bonds is 5. The fourth-order valence-corrected chi connectivity index (χ4v) is 3.96. The molecule has 1 unspecified atom stereocenters. The Kier molecular flexibility index (Phi) is 6.13. The van der Waals surface area contributed by atoms with E-state index in [2.05, 4.69) is 9.88 Å². The summed E-state index contributed by atoms with van der Waals surface area (Å²) in [5, 5.41) is 11.5. The number of morpholine rings is 1. The molecular formula is C22H22ClN3O4. The minimum Gasteiger partial charge on any atom is -0.507 e. The van der Waals surface area contributed by atoms with E-state index < -0.39 is 17.7 Å². The van der Waals surface area contributed by atoms with E-state index in [9.17, 15) is 14.7 Å². The van der Waals surface area contributed by atoms with Crippen molar-refractivity contribution in [1.82, 2.24) is 14.8 Å². The van der Waals surface area contributed by atoms with Crippen molar-refractivity contribution in [1.29, 1.82) is 0 Å². The second-order valence-corrected chi connectivity index (χ2v) is 7.68.